The van der Waals surface area contributed by atoms with Crippen molar-refractivity contribution in [1.29, 1.82) is 0 Å². The fourth-order valence-electron chi connectivity index (χ4n) is 4.56. The third-order valence-corrected chi connectivity index (χ3v) is 7.16. The number of aromatic nitrogens is 2. The topological polar surface area (TPSA) is 69.6 Å². The van der Waals surface area contributed by atoms with Crippen LogP contribution in [0.4, 0.5) is 5.82 Å². The molecule has 0 N–H and O–H groups in total. The van der Waals surface area contributed by atoms with Crippen molar-refractivity contribution in [3.05, 3.63) is 76.8 Å². The van der Waals surface area contributed by atoms with E-state index in [1.807, 2.05) is 72.5 Å². The van der Waals surface area contributed by atoms with Crippen LogP contribution in [0.3, 0.4) is 0 Å². The molecular formula is C28H30ClN5O2. The summed E-state index contributed by atoms with van der Waals surface area (Å²) in [6, 6.07) is 19.2. The molecule has 7 nitrogen and oxygen atoms in total. The van der Waals surface area contributed by atoms with Crippen LogP contribution in [-0.4, -0.2) is 70.6 Å². The summed E-state index contributed by atoms with van der Waals surface area (Å²) >= 11 is 6.29. The molecular weight excluding hydrogens is 474 g/mol. The molecule has 1 aliphatic carbocycles. The van der Waals surface area contributed by atoms with Crippen LogP contribution in [0.1, 0.15) is 35.2 Å². The first-order valence-electron chi connectivity index (χ1n) is 12.5. The third kappa shape index (κ3) is 5.51. The number of amides is 2. The maximum atomic E-state index is 13.2. The predicted molar refractivity (Wildman–Crippen MR) is 141 cm³/mol. The largest absolute Gasteiger partial charge is 0.353 e. The number of rotatable bonds is 6. The summed E-state index contributed by atoms with van der Waals surface area (Å²) in [5, 5.41) is 9.47. The van der Waals surface area contributed by atoms with Gasteiger partial charge in [0.2, 0.25) is 5.91 Å². The number of hydrogen-bond acceptors (Lipinski definition) is 5. The van der Waals surface area contributed by atoms with Gasteiger partial charge in [-0.2, -0.15) is 0 Å². The van der Waals surface area contributed by atoms with Crippen molar-refractivity contribution in [1.82, 2.24) is 20.0 Å². The van der Waals surface area contributed by atoms with Crippen LogP contribution >= 0.6 is 11.6 Å². The Hall–Kier alpha value is -3.45. The van der Waals surface area contributed by atoms with E-state index in [1.165, 1.54) is 0 Å². The van der Waals surface area contributed by atoms with Gasteiger partial charge in [0.15, 0.2) is 5.82 Å². The van der Waals surface area contributed by atoms with Gasteiger partial charge in [-0.3, -0.25) is 9.59 Å². The summed E-state index contributed by atoms with van der Waals surface area (Å²) in [7, 11) is 0. The Labute approximate surface area is 216 Å². The van der Waals surface area contributed by atoms with Gasteiger partial charge >= 0.3 is 0 Å². The molecule has 5 rings (SSSR count). The number of halogens is 1. The van der Waals surface area contributed by atoms with Gasteiger partial charge in [-0.1, -0.05) is 47.5 Å². The summed E-state index contributed by atoms with van der Waals surface area (Å²) in [5.41, 5.74) is 3.33. The van der Waals surface area contributed by atoms with Crippen LogP contribution in [0.2, 0.25) is 5.02 Å². The Morgan fingerprint density at radius 1 is 0.944 bits per heavy atom. The summed E-state index contributed by atoms with van der Waals surface area (Å²) in [6.45, 7) is 4.84. The molecule has 2 aromatic carbocycles. The smallest absolute Gasteiger partial charge is 0.254 e. The number of aryl methyl sites for hydroxylation is 1. The lowest BCUT2D eigenvalue weighted by molar-refractivity contribution is -0.131. The van der Waals surface area contributed by atoms with Gasteiger partial charge in [0.1, 0.15) is 6.54 Å². The van der Waals surface area contributed by atoms with Gasteiger partial charge in [-0.25, -0.2) is 0 Å². The monoisotopic (exact) mass is 503 g/mol. The molecule has 0 atom stereocenters. The van der Waals surface area contributed by atoms with E-state index in [2.05, 4.69) is 15.1 Å². The second-order valence-electron chi connectivity index (χ2n) is 9.51. The molecule has 0 radical (unpaired) electrons. The van der Waals surface area contributed by atoms with Gasteiger partial charge in [-0.05, 0) is 56.5 Å². The minimum atomic E-state index is -0.0591. The van der Waals surface area contributed by atoms with Gasteiger partial charge in [0.05, 0.1) is 10.7 Å². The molecule has 0 bridgehead atoms. The second kappa shape index (κ2) is 10.7. The van der Waals surface area contributed by atoms with E-state index in [-0.39, 0.29) is 24.4 Å². The maximum absolute atomic E-state index is 13.2. The molecule has 186 valence electrons. The first-order valence-corrected chi connectivity index (χ1v) is 12.9. The molecule has 2 aliphatic rings. The molecule has 1 saturated carbocycles. The van der Waals surface area contributed by atoms with Crippen LogP contribution in [0.5, 0.6) is 0 Å². The van der Waals surface area contributed by atoms with Crippen LogP contribution in [-0.2, 0) is 4.79 Å². The minimum Gasteiger partial charge on any atom is -0.353 e. The Morgan fingerprint density at radius 3 is 2.42 bits per heavy atom. The van der Waals surface area contributed by atoms with Crippen LogP contribution < -0.4 is 4.90 Å². The Kier molecular flexibility index (Phi) is 7.18. The second-order valence-corrected chi connectivity index (χ2v) is 9.92. The Balaban J connectivity index is 1.21. The summed E-state index contributed by atoms with van der Waals surface area (Å²) < 4.78 is 0. The van der Waals surface area contributed by atoms with E-state index in [0.29, 0.717) is 30.2 Å². The average Bonchev–Trinajstić information content (AvgIpc) is 3.75. The van der Waals surface area contributed by atoms with Crippen molar-refractivity contribution in [3.8, 4) is 11.3 Å². The Morgan fingerprint density at radius 2 is 1.72 bits per heavy atom. The number of carbonyl (C=O) groups excluding carboxylic acids is 2. The van der Waals surface area contributed by atoms with Gasteiger partial charge in [0, 0.05) is 43.3 Å². The zero-order chi connectivity index (χ0) is 25.1. The van der Waals surface area contributed by atoms with Gasteiger partial charge in [0.25, 0.3) is 5.91 Å². The van der Waals surface area contributed by atoms with Crippen LogP contribution in [0.15, 0.2) is 60.7 Å². The van der Waals surface area contributed by atoms with Crippen LogP contribution in [0, 0.1) is 6.92 Å². The molecule has 8 heteroatoms. The van der Waals surface area contributed by atoms with Crippen molar-refractivity contribution >= 4 is 29.2 Å². The molecule has 3 aromatic rings. The summed E-state index contributed by atoms with van der Waals surface area (Å²) in [6.07, 6.45) is 2.75. The quantitative estimate of drug-likeness (QED) is 0.497. The molecule has 1 aliphatic heterocycles. The molecule has 36 heavy (non-hydrogen) atoms. The zero-order valence-electron chi connectivity index (χ0n) is 20.4. The fourth-order valence-corrected chi connectivity index (χ4v) is 4.80. The van der Waals surface area contributed by atoms with Crippen molar-refractivity contribution < 1.29 is 9.59 Å². The van der Waals surface area contributed by atoms with Crippen LogP contribution in [0.25, 0.3) is 11.3 Å². The predicted octanol–water partition coefficient (Wildman–Crippen LogP) is 4.45. The summed E-state index contributed by atoms with van der Waals surface area (Å²) in [5.74, 6) is 0.731. The number of carbonyl (C=O) groups is 2. The highest BCUT2D eigenvalue weighted by molar-refractivity contribution is 6.33. The molecule has 0 unspecified atom stereocenters. The lowest BCUT2D eigenvalue weighted by Crippen LogP contribution is -2.45. The zero-order valence-corrected chi connectivity index (χ0v) is 21.2. The third-order valence-electron chi connectivity index (χ3n) is 6.83. The van der Waals surface area contributed by atoms with E-state index in [4.69, 9.17) is 11.6 Å². The molecule has 2 heterocycles. The first-order chi connectivity index (χ1) is 17.5. The number of nitrogens with zero attached hydrogens (tertiary/aromatic N) is 5. The number of anilines is 1. The number of benzene rings is 2. The SMILES string of the molecule is Cc1ccc(C(=O)N(CC(=O)N2CCCN(c3ccc(-c4ccccc4Cl)nn3)CC2)C2CC2)cc1. The highest BCUT2D eigenvalue weighted by Crippen LogP contribution is 2.29. The number of hydrogen-bond donors (Lipinski definition) is 0. The highest BCUT2D eigenvalue weighted by Gasteiger charge is 2.35. The van der Waals surface area contributed by atoms with Crippen molar-refractivity contribution in [2.24, 2.45) is 0 Å². The van der Waals surface area contributed by atoms with E-state index in [1.54, 1.807) is 4.90 Å². The Bertz CT molecular complexity index is 1230. The van der Waals surface area contributed by atoms with Crippen molar-refractivity contribution in [2.75, 3.05) is 37.6 Å². The van der Waals surface area contributed by atoms with E-state index in [9.17, 15) is 9.59 Å². The molecule has 2 fully saturated rings. The highest BCUT2D eigenvalue weighted by atomic mass is 35.5. The van der Waals surface area contributed by atoms with E-state index in [0.717, 1.165) is 48.4 Å². The van der Waals surface area contributed by atoms with Gasteiger partial charge < -0.3 is 14.7 Å². The van der Waals surface area contributed by atoms with Crippen molar-refractivity contribution in [2.45, 2.75) is 32.2 Å². The minimum absolute atomic E-state index is 0.00404. The normalized spacial score (nSPS) is 15.9. The fraction of sp³-hybridized carbons (Fsp3) is 0.357. The standard InChI is InChI=1S/C28H30ClN5O2/c1-20-7-9-21(10-8-20)28(36)34(22-11-12-22)19-27(35)33-16-4-15-32(17-18-33)26-14-13-25(30-31-26)23-5-2-3-6-24(23)29/h2-3,5-10,13-14,22H,4,11-12,15-19H2,1H3. The van der Waals surface area contributed by atoms with E-state index >= 15 is 0 Å². The lowest BCUT2D eigenvalue weighted by Gasteiger charge is -2.27. The maximum Gasteiger partial charge on any atom is 0.254 e. The van der Waals surface area contributed by atoms with Gasteiger partial charge in [-0.15, -0.1) is 10.2 Å². The first kappa shape index (κ1) is 24.3. The molecule has 1 aromatic heterocycles. The average molecular weight is 504 g/mol. The molecule has 2 amide bonds. The summed E-state index contributed by atoms with van der Waals surface area (Å²) in [4.78, 5) is 32.2. The lowest BCUT2D eigenvalue weighted by atomic mass is 10.1. The molecule has 1 saturated heterocycles. The van der Waals surface area contributed by atoms with Crippen molar-refractivity contribution in [3.63, 3.8) is 0 Å². The molecule has 0 spiro atoms. The van der Waals surface area contributed by atoms with E-state index < -0.39 is 0 Å².